The van der Waals surface area contributed by atoms with E-state index in [4.69, 9.17) is 18.6 Å². The highest BCUT2D eigenvalue weighted by Gasteiger charge is 2.52. The Bertz CT molecular complexity index is 665. The van der Waals surface area contributed by atoms with Gasteiger partial charge in [0.15, 0.2) is 20.3 Å². The van der Waals surface area contributed by atoms with Gasteiger partial charge in [0.05, 0.1) is 6.61 Å². The molecule has 0 bridgehead atoms. The first kappa shape index (κ1) is 28.5. The third-order valence-electron chi connectivity index (χ3n) is 6.87. The van der Waals surface area contributed by atoms with Gasteiger partial charge in [-0.3, -0.25) is 4.90 Å². The largest absolute Gasteiger partial charge is 0.444 e. The molecule has 0 aromatic carbocycles. The fourth-order valence-electron chi connectivity index (χ4n) is 4.08. The predicted octanol–water partition coefficient (Wildman–Crippen LogP) is 4.39. The molecule has 1 aliphatic carbocycles. The van der Waals surface area contributed by atoms with Crippen molar-refractivity contribution in [2.24, 2.45) is 0 Å². The lowest BCUT2D eigenvalue weighted by Crippen LogP contribution is -2.57. The van der Waals surface area contributed by atoms with Crippen molar-refractivity contribution in [3.05, 3.63) is 0 Å². The van der Waals surface area contributed by atoms with E-state index in [0.29, 0.717) is 0 Å². The molecule has 9 heteroatoms. The first-order chi connectivity index (χ1) is 14.8. The first-order valence-electron chi connectivity index (χ1n) is 12.2. The molecule has 33 heavy (non-hydrogen) atoms. The molecule has 0 aromatic heterocycles. The Kier molecular flexibility index (Phi) is 8.74. The van der Waals surface area contributed by atoms with Gasteiger partial charge >= 0.3 is 6.09 Å². The zero-order valence-electron chi connectivity index (χ0n) is 22.3. The molecule has 2 N–H and O–H groups in total. The average Bonchev–Trinajstić information content (AvgIpc) is 3.24. The van der Waals surface area contributed by atoms with Crippen molar-refractivity contribution in [3.63, 3.8) is 0 Å². The van der Waals surface area contributed by atoms with Gasteiger partial charge in [-0.1, -0.05) is 33.6 Å². The second-order valence-corrected chi connectivity index (χ2v) is 17.3. The average molecular weight is 490 g/mol. The van der Waals surface area contributed by atoms with Gasteiger partial charge < -0.3 is 28.8 Å². The van der Waals surface area contributed by atoms with Crippen molar-refractivity contribution in [2.45, 2.75) is 141 Å². The molecular formula is C24H47NO7Si. The number of amides is 1. The number of ether oxygens (including phenoxy) is 3. The van der Waals surface area contributed by atoms with E-state index in [1.54, 1.807) is 34.6 Å². The molecule has 2 aliphatic rings. The highest BCUT2D eigenvalue weighted by atomic mass is 28.4. The second kappa shape index (κ2) is 10.1. The Morgan fingerprint density at radius 2 is 1.58 bits per heavy atom. The fourth-order valence-corrected chi connectivity index (χ4v) is 5.10. The monoisotopic (exact) mass is 489 g/mol. The third kappa shape index (κ3) is 7.38. The normalized spacial score (nSPS) is 26.3. The van der Waals surface area contributed by atoms with E-state index in [1.165, 1.54) is 4.90 Å². The smallest absolute Gasteiger partial charge is 0.412 e. The lowest BCUT2D eigenvalue weighted by atomic mass is 10.1. The lowest BCUT2D eigenvalue weighted by Gasteiger charge is -2.39. The van der Waals surface area contributed by atoms with Crippen LogP contribution in [0.25, 0.3) is 0 Å². The molecule has 1 unspecified atom stereocenters. The van der Waals surface area contributed by atoms with Gasteiger partial charge in [0.2, 0.25) is 0 Å². The Morgan fingerprint density at radius 3 is 2.06 bits per heavy atom. The number of aliphatic hydroxyl groups is 2. The van der Waals surface area contributed by atoms with Crippen molar-refractivity contribution in [2.75, 3.05) is 6.61 Å². The maximum Gasteiger partial charge on any atom is 0.412 e. The van der Waals surface area contributed by atoms with E-state index >= 15 is 0 Å². The van der Waals surface area contributed by atoms with Crippen LogP contribution in [0.2, 0.25) is 18.1 Å². The molecule has 1 aliphatic heterocycles. The summed E-state index contributed by atoms with van der Waals surface area (Å²) in [4.78, 5) is 14.5. The van der Waals surface area contributed by atoms with E-state index in [9.17, 15) is 15.0 Å². The topological polar surface area (TPSA) is 97.7 Å². The Hall–Kier alpha value is -0.713. The van der Waals surface area contributed by atoms with Crippen LogP contribution in [0.3, 0.4) is 0 Å². The zero-order valence-corrected chi connectivity index (χ0v) is 23.3. The second-order valence-electron chi connectivity index (χ2n) is 12.4. The highest BCUT2D eigenvalue weighted by molar-refractivity contribution is 6.74. The highest BCUT2D eigenvalue weighted by Crippen LogP contribution is 2.38. The summed E-state index contributed by atoms with van der Waals surface area (Å²) in [6, 6.07) is -0.150. The van der Waals surface area contributed by atoms with Crippen LogP contribution in [0.4, 0.5) is 4.79 Å². The van der Waals surface area contributed by atoms with Crippen molar-refractivity contribution >= 4 is 14.4 Å². The molecule has 1 saturated carbocycles. The molecule has 2 fully saturated rings. The van der Waals surface area contributed by atoms with Gasteiger partial charge in [0, 0.05) is 6.04 Å². The summed E-state index contributed by atoms with van der Waals surface area (Å²) in [5.41, 5.74) is -0.699. The number of nitrogens with zero attached hydrogens (tertiary/aromatic N) is 1. The fraction of sp³-hybridized carbons (Fsp3) is 0.958. The minimum atomic E-state index is -2.09. The van der Waals surface area contributed by atoms with E-state index in [1.807, 2.05) is 0 Å². The lowest BCUT2D eigenvalue weighted by molar-refractivity contribution is -0.172. The molecule has 0 aromatic rings. The number of rotatable bonds is 7. The van der Waals surface area contributed by atoms with E-state index < -0.39 is 50.3 Å². The summed E-state index contributed by atoms with van der Waals surface area (Å²) in [5, 5.41) is 22.5. The molecule has 1 saturated heterocycles. The molecule has 1 amide bonds. The molecule has 8 nitrogen and oxygen atoms in total. The number of carbonyl (C=O) groups is 1. The van der Waals surface area contributed by atoms with Crippen LogP contribution in [0.5, 0.6) is 0 Å². The molecule has 2 rings (SSSR count). The maximum atomic E-state index is 13.1. The van der Waals surface area contributed by atoms with Crippen molar-refractivity contribution in [3.8, 4) is 0 Å². The van der Waals surface area contributed by atoms with Crippen molar-refractivity contribution in [1.29, 1.82) is 0 Å². The van der Waals surface area contributed by atoms with Crippen LogP contribution in [0, 0.1) is 0 Å². The molecule has 0 radical (unpaired) electrons. The predicted molar refractivity (Wildman–Crippen MR) is 129 cm³/mol. The molecular weight excluding hydrogens is 442 g/mol. The van der Waals surface area contributed by atoms with E-state index in [-0.39, 0.29) is 17.7 Å². The van der Waals surface area contributed by atoms with Gasteiger partial charge in [-0.25, -0.2) is 4.79 Å². The van der Waals surface area contributed by atoms with Gasteiger partial charge in [-0.15, -0.1) is 0 Å². The summed E-state index contributed by atoms with van der Waals surface area (Å²) in [7, 11) is -2.09. The maximum absolute atomic E-state index is 13.1. The van der Waals surface area contributed by atoms with Gasteiger partial charge in [-0.05, 0) is 65.6 Å². The summed E-state index contributed by atoms with van der Waals surface area (Å²) in [5.74, 6) is -1.02. The summed E-state index contributed by atoms with van der Waals surface area (Å²) in [6.45, 7) is 19.6. The van der Waals surface area contributed by atoms with Gasteiger partial charge in [0.25, 0.3) is 0 Å². The minimum Gasteiger partial charge on any atom is -0.444 e. The standard InChI is InChI=1S/C24H47NO7Si/c1-22(2,3)32-21(28)25(16-13-11-12-14-16)20(27)19-18(30-24(7,8)31-19)17(26)15-29-33(9,10)23(4,5)6/h16-20,26-27H,11-15H2,1-10H3/t17-,18-,19-,20?/m1/s1. The van der Waals surface area contributed by atoms with Crippen LogP contribution in [0.1, 0.15) is 81.1 Å². The van der Waals surface area contributed by atoms with E-state index in [0.717, 1.165) is 25.7 Å². The zero-order chi connectivity index (χ0) is 25.4. The number of hydrogen-bond donors (Lipinski definition) is 2. The number of carbonyl (C=O) groups excluding carboxylic acids is 1. The van der Waals surface area contributed by atoms with Crippen LogP contribution < -0.4 is 0 Å². The summed E-state index contributed by atoms with van der Waals surface area (Å²) in [6.07, 6.45) is -1.18. The van der Waals surface area contributed by atoms with Crippen LogP contribution in [-0.2, 0) is 18.6 Å². The molecule has 0 spiro atoms. The van der Waals surface area contributed by atoms with Crippen LogP contribution in [0.15, 0.2) is 0 Å². The summed E-state index contributed by atoms with van der Waals surface area (Å²) < 4.78 is 23.9. The summed E-state index contributed by atoms with van der Waals surface area (Å²) >= 11 is 0. The Morgan fingerprint density at radius 1 is 1.06 bits per heavy atom. The minimum absolute atomic E-state index is 0.00603. The first-order valence-corrected chi connectivity index (χ1v) is 15.1. The van der Waals surface area contributed by atoms with Crippen LogP contribution in [-0.4, -0.2) is 78.1 Å². The number of aliphatic hydroxyl groups excluding tert-OH is 2. The number of hydrogen-bond acceptors (Lipinski definition) is 7. The molecule has 4 atom stereocenters. The quantitative estimate of drug-likeness (QED) is 0.404. The molecule has 1 heterocycles. The van der Waals surface area contributed by atoms with E-state index in [2.05, 4.69) is 33.9 Å². The third-order valence-corrected chi connectivity index (χ3v) is 11.4. The Labute approximate surface area is 201 Å². The van der Waals surface area contributed by atoms with Crippen molar-refractivity contribution < 1.29 is 33.6 Å². The van der Waals surface area contributed by atoms with Crippen molar-refractivity contribution in [1.82, 2.24) is 4.90 Å². The Balaban J connectivity index is 2.24. The SMILES string of the molecule is CC(C)(C)OC(=O)N(C1CCCC1)C(O)[C@@H]1OC(C)(C)O[C@@H]1[C@H](O)CO[Si](C)(C)C(C)(C)C. The van der Waals surface area contributed by atoms with Crippen LogP contribution >= 0.6 is 0 Å². The van der Waals surface area contributed by atoms with Gasteiger partial charge in [0.1, 0.15) is 23.9 Å². The van der Waals surface area contributed by atoms with Gasteiger partial charge in [-0.2, -0.15) is 0 Å². The molecule has 194 valence electrons.